The molecule has 2 N–H and O–H groups in total. The van der Waals surface area contributed by atoms with Crippen molar-refractivity contribution in [3.8, 4) is 0 Å². The van der Waals surface area contributed by atoms with Crippen LogP contribution in [0.15, 0.2) is 24.3 Å². The van der Waals surface area contributed by atoms with Crippen LogP contribution in [0, 0.1) is 20.8 Å². The molecule has 0 bridgehead atoms. The molecule has 0 spiro atoms. The fraction of sp³-hybridized carbons (Fsp3) is 0.478. The van der Waals surface area contributed by atoms with Crippen molar-refractivity contribution in [2.24, 2.45) is 0 Å². The molecule has 158 valence electrons. The molecular weight excluding hydrogens is 366 g/mol. The Morgan fingerprint density at radius 1 is 1.10 bits per heavy atom. The Kier molecular flexibility index (Phi) is 7.88. The van der Waals surface area contributed by atoms with E-state index in [9.17, 15) is 9.59 Å². The third-order valence-corrected chi connectivity index (χ3v) is 5.18. The largest absolute Gasteiger partial charge is 0.461 e. The van der Waals surface area contributed by atoms with Gasteiger partial charge in [0.1, 0.15) is 5.69 Å². The van der Waals surface area contributed by atoms with Crippen LogP contribution >= 0.6 is 0 Å². The molecule has 1 atom stereocenters. The van der Waals surface area contributed by atoms with E-state index in [0.717, 1.165) is 28.8 Å². The van der Waals surface area contributed by atoms with E-state index in [1.807, 2.05) is 58.9 Å². The first-order valence-corrected chi connectivity index (χ1v) is 10.2. The van der Waals surface area contributed by atoms with E-state index in [2.05, 4.69) is 10.3 Å². The summed E-state index contributed by atoms with van der Waals surface area (Å²) in [5.41, 5.74) is 5.34. The summed E-state index contributed by atoms with van der Waals surface area (Å²) < 4.78 is 5.14. The number of carbonyl (C=O) groups is 2. The third kappa shape index (κ3) is 5.86. The van der Waals surface area contributed by atoms with Crippen LogP contribution in [-0.2, 0) is 17.8 Å². The lowest BCUT2D eigenvalue weighted by Crippen LogP contribution is -2.43. The molecule has 1 aromatic heterocycles. The molecule has 29 heavy (non-hydrogen) atoms. The lowest BCUT2D eigenvalue weighted by atomic mass is 10.1. The zero-order valence-corrected chi connectivity index (χ0v) is 18.4. The molecular formula is C23H33N3O3. The Bertz CT molecular complexity index is 840. The fourth-order valence-electron chi connectivity index (χ4n) is 3.14. The van der Waals surface area contributed by atoms with Crippen molar-refractivity contribution in [2.75, 3.05) is 6.61 Å². The Labute approximate surface area is 173 Å². The number of carbonyl (C=O) groups excluding carboxylic acids is 2. The number of urea groups is 1. The number of esters is 1. The summed E-state index contributed by atoms with van der Waals surface area (Å²) in [4.78, 5) is 30.1. The van der Waals surface area contributed by atoms with Crippen molar-refractivity contribution in [3.63, 3.8) is 0 Å². The number of nitrogens with one attached hydrogen (secondary N) is 2. The predicted molar refractivity (Wildman–Crippen MR) is 115 cm³/mol. The molecule has 2 amide bonds. The molecule has 1 aromatic carbocycles. The first-order valence-electron chi connectivity index (χ1n) is 10.2. The van der Waals surface area contributed by atoms with E-state index < -0.39 is 0 Å². The summed E-state index contributed by atoms with van der Waals surface area (Å²) in [6, 6.07) is 8.15. The topological polar surface area (TPSA) is 74.4 Å². The highest BCUT2D eigenvalue weighted by atomic mass is 16.5. The van der Waals surface area contributed by atoms with Crippen LogP contribution in [0.3, 0.4) is 0 Å². The van der Waals surface area contributed by atoms with Crippen molar-refractivity contribution in [1.29, 1.82) is 0 Å². The van der Waals surface area contributed by atoms with Crippen LogP contribution in [0.4, 0.5) is 4.79 Å². The van der Waals surface area contributed by atoms with E-state index in [1.54, 1.807) is 11.8 Å². The summed E-state index contributed by atoms with van der Waals surface area (Å²) in [5.74, 6) is -0.367. The van der Waals surface area contributed by atoms with E-state index in [0.29, 0.717) is 25.4 Å². The van der Waals surface area contributed by atoms with Gasteiger partial charge in [0.15, 0.2) is 0 Å². The number of benzene rings is 1. The number of amides is 2. The van der Waals surface area contributed by atoms with Gasteiger partial charge in [0.05, 0.1) is 6.61 Å². The Morgan fingerprint density at radius 2 is 1.76 bits per heavy atom. The van der Waals surface area contributed by atoms with Gasteiger partial charge in [-0.25, -0.2) is 9.59 Å². The maximum Gasteiger partial charge on any atom is 0.355 e. The molecule has 1 unspecified atom stereocenters. The number of nitrogens with zero attached hydrogens (tertiary/aromatic N) is 1. The quantitative estimate of drug-likeness (QED) is 0.636. The number of aryl methyl sites for hydroxylation is 2. The first kappa shape index (κ1) is 22.5. The van der Waals surface area contributed by atoms with Crippen molar-refractivity contribution in [1.82, 2.24) is 15.2 Å². The van der Waals surface area contributed by atoms with Crippen LogP contribution in [-0.4, -0.2) is 34.5 Å². The Morgan fingerprint density at radius 3 is 2.34 bits per heavy atom. The van der Waals surface area contributed by atoms with Gasteiger partial charge in [0.25, 0.3) is 0 Å². The zero-order chi connectivity index (χ0) is 21.6. The van der Waals surface area contributed by atoms with Crippen LogP contribution in [0.25, 0.3) is 0 Å². The van der Waals surface area contributed by atoms with Crippen LogP contribution < -0.4 is 5.32 Å². The van der Waals surface area contributed by atoms with Gasteiger partial charge in [0.2, 0.25) is 0 Å². The van der Waals surface area contributed by atoms with Gasteiger partial charge in [-0.15, -0.1) is 0 Å². The fourth-order valence-corrected chi connectivity index (χ4v) is 3.14. The van der Waals surface area contributed by atoms with Gasteiger partial charge in [-0.1, -0.05) is 36.8 Å². The highest BCUT2D eigenvalue weighted by molar-refractivity contribution is 5.89. The summed E-state index contributed by atoms with van der Waals surface area (Å²) in [6.07, 6.45) is 0.860. The maximum absolute atomic E-state index is 13.0. The van der Waals surface area contributed by atoms with E-state index in [1.165, 1.54) is 5.56 Å². The first-order chi connectivity index (χ1) is 13.8. The molecule has 0 fully saturated rings. The second-order valence-corrected chi connectivity index (χ2v) is 7.55. The highest BCUT2D eigenvalue weighted by Gasteiger charge is 2.23. The van der Waals surface area contributed by atoms with Crippen LogP contribution in [0.5, 0.6) is 0 Å². The van der Waals surface area contributed by atoms with Gasteiger partial charge in [-0.2, -0.15) is 0 Å². The Hall–Kier alpha value is -2.76. The minimum atomic E-state index is -0.367. The van der Waals surface area contributed by atoms with Crippen molar-refractivity contribution < 1.29 is 14.3 Å². The van der Waals surface area contributed by atoms with E-state index in [-0.39, 0.29) is 18.0 Å². The van der Waals surface area contributed by atoms with Gasteiger partial charge in [-0.05, 0) is 57.7 Å². The number of rotatable bonds is 8. The monoisotopic (exact) mass is 399 g/mol. The van der Waals surface area contributed by atoms with Gasteiger partial charge in [-0.3, -0.25) is 0 Å². The normalized spacial score (nSPS) is 11.8. The summed E-state index contributed by atoms with van der Waals surface area (Å²) in [6.45, 7) is 12.9. The van der Waals surface area contributed by atoms with Gasteiger partial charge < -0.3 is 19.9 Å². The highest BCUT2D eigenvalue weighted by Crippen LogP contribution is 2.22. The third-order valence-electron chi connectivity index (χ3n) is 5.18. The van der Waals surface area contributed by atoms with E-state index >= 15 is 0 Å². The average molecular weight is 400 g/mol. The molecule has 6 heteroatoms. The molecule has 0 aliphatic rings. The molecule has 2 rings (SSSR count). The number of ether oxygens (including phenoxy) is 1. The molecule has 2 aromatic rings. The minimum absolute atomic E-state index is 0.0894. The lowest BCUT2D eigenvalue weighted by molar-refractivity contribution is 0.0519. The number of aromatic amines is 1. The second-order valence-electron chi connectivity index (χ2n) is 7.55. The van der Waals surface area contributed by atoms with E-state index in [4.69, 9.17) is 4.74 Å². The number of H-pyrrole nitrogens is 1. The molecule has 0 saturated heterocycles. The lowest BCUT2D eigenvalue weighted by Gasteiger charge is -2.26. The van der Waals surface area contributed by atoms with Gasteiger partial charge in [0, 0.05) is 24.8 Å². The second kappa shape index (κ2) is 10.1. The maximum atomic E-state index is 13.0. The minimum Gasteiger partial charge on any atom is -0.461 e. The number of aromatic nitrogens is 1. The number of hydrogen-bond donors (Lipinski definition) is 2. The summed E-state index contributed by atoms with van der Waals surface area (Å²) >= 11 is 0. The van der Waals surface area contributed by atoms with Crippen molar-refractivity contribution in [3.05, 3.63) is 57.9 Å². The molecule has 0 aliphatic carbocycles. The molecule has 0 radical (unpaired) electrons. The number of hydrogen-bond acceptors (Lipinski definition) is 3. The van der Waals surface area contributed by atoms with Crippen molar-refractivity contribution in [2.45, 2.75) is 67.1 Å². The molecule has 6 nitrogen and oxygen atoms in total. The molecule has 1 heterocycles. The summed E-state index contributed by atoms with van der Waals surface area (Å²) in [5, 5.41) is 3.06. The predicted octanol–water partition coefficient (Wildman–Crippen LogP) is 4.63. The zero-order valence-electron chi connectivity index (χ0n) is 18.4. The Balaban J connectivity index is 2.30. The average Bonchev–Trinajstić information content (AvgIpc) is 2.97. The smallest absolute Gasteiger partial charge is 0.355 e. The molecule has 0 saturated carbocycles. The van der Waals surface area contributed by atoms with Crippen molar-refractivity contribution >= 4 is 12.0 Å². The van der Waals surface area contributed by atoms with Gasteiger partial charge >= 0.3 is 12.0 Å². The molecule has 0 aliphatic heterocycles. The standard InChI is InChI=1S/C23H33N3O3/c1-7-16(4)24-23(28)26(13-19-11-9-15(3)10-12-19)14-20-17(5)21(25-18(20)6)22(27)29-8-2/h9-12,16,25H,7-8,13-14H2,1-6H3,(H,24,28). The van der Waals surface area contributed by atoms with Crippen LogP contribution in [0.1, 0.15) is 65.6 Å². The SMILES string of the molecule is CCOC(=O)c1[nH]c(C)c(CN(Cc2ccc(C)cc2)C(=O)NC(C)CC)c1C. The summed E-state index contributed by atoms with van der Waals surface area (Å²) in [7, 11) is 0. The van der Waals surface area contributed by atoms with Crippen LogP contribution in [0.2, 0.25) is 0 Å².